The number of aliphatic hydroxyl groups excluding tert-OH is 2. The van der Waals surface area contributed by atoms with E-state index in [2.05, 4.69) is 0 Å². The number of hydrogen-bond acceptors (Lipinski definition) is 10. The van der Waals surface area contributed by atoms with Crippen LogP contribution in [0.25, 0.3) is 0 Å². The molecule has 1 unspecified atom stereocenters. The Bertz CT molecular complexity index is 1270. The van der Waals surface area contributed by atoms with E-state index in [4.69, 9.17) is 18.9 Å². The number of benzene rings is 1. The Morgan fingerprint density at radius 2 is 1.73 bits per heavy atom. The standard InChI is InChI=1S/C31H40O10/c1-16-20(34)13-31(37)27(38-14-19-10-8-7-9-11-19)25-29(6,21(35)12-22-30(25,15-39-22)41-18(3)33)26(36)24(40-17(2)32)23(16)28(31,4)5/h7-11,20-22,24-25,27,34-35,37H,12-15H2,1-6H3/t20-,21-,22-,24+,25?,27-,29-,30-,31+/m0/s1. The molecule has 0 aromatic heterocycles. The monoisotopic (exact) mass is 572 g/mol. The fraction of sp³-hybridized carbons (Fsp3) is 0.645. The highest BCUT2D eigenvalue weighted by Gasteiger charge is 2.77. The summed E-state index contributed by atoms with van der Waals surface area (Å²) >= 11 is 0. The lowest BCUT2D eigenvalue weighted by atomic mass is 9.44. The molecule has 3 N–H and O–H groups in total. The highest BCUT2D eigenvalue weighted by molar-refractivity contribution is 5.95. The van der Waals surface area contributed by atoms with Gasteiger partial charge in [-0.05, 0) is 30.6 Å². The summed E-state index contributed by atoms with van der Waals surface area (Å²) in [4.78, 5) is 39.8. The highest BCUT2D eigenvalue weighted by Crippen LogP contribution is 2.64. The fourth-order valence-electron chi connectivity index (χ4n) is 7.98. The van der Waals surface area contributed by atoms with Crippen LogP contribution in [0, 0.1) is 16.7 Å². The second-order valence-corrected chi connectivity index (χ2v) is 12.8. The van der Waals surface area contributed by atoms with Gasteiger partial charge in [-0.25, -0.2) is 0 Å². The lowest BCUT2D eigenvalue weighted by molar-refractivity contribution is -0.351. The van der Waals surface area contributed by atoms with Crippen LogP contribution in [0.1, 0.15) is 59.9 Å². The van der Waals surface area contributed by atoms with Crippen LogP contribution in [0.15, 0.2) is 41.5 Å². The number of aliphatic hydroxyl groups is 3. The first kappa shape index (κ1) is 29.8. The second kappa shape index (κ2) is 9.98. The summed E-state index contributed by atoms with van der Waals surface area (Å²) < 4.78 is 24.1. The molecule has 4 aliphatic rings. The van der Waals surface area contributed by atoms with E-state index in [0.29, 0.717) is 5.57 Å². The quantitative estimate of drug-likeness (QED) is 0.353. The Morgan fingerprint density at radius 3 is 2.29 bits per heavy atom. The molecule has 1 aliphatic heterocycles. The average Bonchev–Trinajstić information content (AvgIpc) is 2.88. The van der Waals surface area contributed by atoms with Gasteiger partial charge in [-0.3, -0.25) is 14.4 Å². The lowest BCUT2D eigenvalue weighted by Crippen LogP contribution is -2.81. The lowest BCUT2D eigenvalue weighted by Gasteiger charge is -2.67. The topological polar surface area (TPSA) is 149 Å². The smallest absolute Gasteiger partial charge is 0.303 e. The summed E-state index contributed by atoms with van der Waals surface area (Å²) in [7, 11) is 0. The van der Waals surface area contributed by atoms with E-state index < -0.39 is 76.2 Å². The zero-order valence-electron chi connectivity index (χ0n) is 24.4. The fourth-order valence-corrected chi connectivity index (χ4v) is 7.98. The molecule has 3 fully saturated rings. The van der Waals surface area contributed by atoms with Gasteiger partial charge in [-0.15, -0.1) is 0 Å². The summed E-state index contributed by atoms with van der Waals surface area (Å²) in [5.74, 6) is -3.09. The number of fused-ring (bicyclic) bond motifs is 5. The molecule has 0 amide bonds. The van der Waals surface area contributed by atoms with E-state index in [1.165, 1.54) is 13.8 Å². The largest absolute Gasteiger partial charge is 0.454 e. The molecule has 0 radical (unpaired) electrons. The zero-order valence-corrected chi connectivity index (χ0v) is 24.4. The molecule has 5 rings (SSSR count). The Labute approximate surface area is 239 Å². The van der Waals surface area contributed by atoms with Gasteiger partial charge in [0.05, 0.1) is 36.9 Å². The minimum atomic E-state index is -1.87. The Balaban J connectivity index is 1.81. The predicted octanol–water partition coefficient (Wildman–Crippen LogP) is 2.01. The third-order valence-corrected chi connectivity index (χ3v) is 10.2. The normalized spacial score (nSPS) is 41.2. The van der Waals surface area contributed by atoms with Gasteiger partial charge in [-0.2, -0.15) is 0 Å². The first-order valence-electron chi connectivity index (χ1n) is 14.1. The third kappa shape index (κ3) is 4.21. The molecule has 224 valence electrons. The number of rotatable bonds is 5. The Hall–Kier alpha value is -2.63. The summed E-state index contributed by atoms with van der Waals surface area (Å²) in [6, 6.07) is 9.28. The van der Waals surface area contributed by atoms with Crippen LogP contribution in [0.5, 0.6) is 0 Å². The van der Waals surface area contributed by atoms with Gasteiger partial charge in [0.15, 0.2) is 17.5 Å². The molecular weight excluding hydrogens is 532 g/mol. The molecule has 1 aromatic rings. The average molecular weight is 573 g/mol. The van der Waals surface area contributed by atoms with Crippen molar-refractivity contribution in [2.24, 2.45) is 16.7 Å². The number of carbonyl (C=O) groups excluding carboxylic acids is 3. The maximum Gasteiger partial charge on any atom is 0.303 e. The molecule has 0 spiro atoms. The maximum absolute atomic E-state index is 14.8. The molecule has 1 heterocycles. The molecule has 10 heteroatoms. The van der Waals surface area contributed by atoms with Crippen LogP contribution in [-0.4, -0.2) is 81.4 Å². The molecule has 10 nitrogen and oxygen atoms in total. The number of carbonyl (C=O) groups is 3. The third-order valence-electron chi connectivity index (χ3n) is 10.2. The van der Waals surface area contributed by atoms with Crippen molar-refractivity contribution in [2.45, 2.75) is 103 Å². The molecule has 3 aliphatic carbocycles. The first-order chi connectivity index (χ1) is 19.1. The minimum Gasteiger partial charge on any atom is -0.454 e. The molecule has 2 saturated carbocycles. The van der Waals surface area contributed by atoms with Crippen molar-refractivity contribution in [1.82, 2.24) is 0 Å². The van der Waals surface area contributed by atoms with E-state index in [1.54, 1.807) is 27.7 Å². The number of ketones is 1. The van der Waals surface area contributed by atoms with Gasteiger partial charge in [0.25, 0.3) is 0 Å². The van der Waals surface area contributed by atoms with Crippen molar-refractivity contribution < 1.29 is 48.7 Å². The van der Waals surface area contributed by atoms with E-state index in [-0.39, 0.29) is 31.6 Å². The molecule has 41 heavy (non-hydrogen) atoms. The molecule has 2 bridgehead atoms. The van der Waals surface area contributed by atoms with Crippen molar-refractivity contribution >= 4 is 17.7 Å². The van der Waals surface area contributed by atoms with Gasteiger partial charge in [-0.1, -0.05) is 44.2 Å². The number of Topliss-reactive ketones (excluding diaryl/α,β-unsaturated/α-hetero) is 1. The van der Waals surface area contributed by atoms with Crippen LogP contribution < -0.4 is 0 Å². The Morgan fingerprint density at radius 1 is 1.07 bits per heavy atom. The van der Waals surface area contributed by atoms with Gasteiger partial charge in [0.1, 0.15) is 11.7 Å². The van der Waals surface area contributed by atoms with Crippen molar-refractivity contribution in [2.75, 3.05) is 6.61 Å². The highest BCUT2D eigenvalue weighted by atomic mass is 16.6. The zero-order chi connectivity index (χ0) is 30.1. The van der Waals surface area contributed by atoms with Gasteiger partial charge >= 0.3 is 11.9 Å². The molecule has 1 saturated heterocycles. The van der Waals surface area contributed by atoms with Crippen LogP contribution in [0.3, 0.4) is 0 Å². The van der Waals surface area contributed by atoms with E-state index in [1.807, 2.05) is 30.3 Å². The van der Waals surface area contributed by atoms with Crippen molar-refractivity contribution in [3.8, 4) is 0 Å². The Kier molecular flexibility index (Phi) is 7.27. The predicted molar refractivity (Wildman–Crippen MR) is 144 cm³/mol. The maximum atomic E-state index is 14.8. The summed E-state index contributed by atoms with van der Waals surface area (Å²) in [5.41, 5.74) is -4.80. The summed E-state index contributed by atoms with van der Waals surface area (Å²) in [6.45, 7) is 9.06. The van der Waals surface area contributed by atoms with E-state index in [0.717, 1.165) is 5.56 Å². The van der Waals surface area contributed by atoms with Gasteiger partial charge < -0.3 is 34.3 Å². The van der Waals surface area contributed by atoms with Crippen LogP contribution in [0.2, 0.25) is 0 Å². The summed E-state index contributed by atoms with van der Waals surface area (Å²) in [6.07, 6.45) is -6.19. The summed E-state index contributed by atoms with van der Waals surface area (Å²) in [5, 5.41) is 35.9. The SMILES string of the molecule is CC(=O)O[C@H]1C(=O)[C@]2(C)C([C@H](OCc3ccccc3)[C@]3(O)C[C@H](O)C(C)=C1C3(C)C)[C@]1(OC(C)=O)CO[C@H]1C[C@@H]2O. The molecular formula is C31H40O10. The first-order valence-corrected chi connectivity index (χ1v) is 14.1. The van der Waals surface area contributed by atoms with E-state index in [9.17, 15) is 29.7 Å². The van der Waals surface area contributed by atoms with Crippen LogP contribution in [0.4, 0.5) is 0 Å². The van der Waals surface area contributed by atoms with Crippen molar-refractivity contribution in [3.63, 3.8) is 0 Å². The van der Waals surface area contributed by atoms with Gasteiger partial charge in [0, 0.05) is 38.0 Å². The van der Waals surface area contributed by atoms with Gasteiger partial charge in [0.2, 0.25) is 0 Å². The van der Waals surface area contributed by atoms with E-state index >= 15 is 0 Å². The number of hydrogen-bond donors (Lipinski definition) is 3. The van der Waals surface area contributed by atoms with Crippen LogP contribution in [-0.2, 0) is 39.9 Å². The van der Waals surface area contributed by atoms with Crippen molar-refractivity contribution in [1.29, 1.82) is 0 Å². The molecule has 9 atom stereocenters. The molecule has 1 aromatic carbocycles. The number of esters is 2. The van der Waals surface area contributed by atoms with Crippen molar-refractivity contribution in [3.05, 3.63) is 47.0 Å². The van der Waals surface area contributed by atoms with Crippen LogP contribution >= 0.6 is 0 Å². The number of ether oxygens (including phenoxy) is 4. The second-order valence-electron chi connectivity index (χ2n) is 12.8. The minimum absolute atomic E-state index is 0.0211.